The molecule has 4 N–H and O–H groups in total. The first-order valence-corrected chi connectivity index (χ1v) is 13.8. The number of nitrogens with zero attached hydrogens (tertiary/aromatic N) is 6. The van der Waals surface area contributed by atoms with Crippen LogP contribution in [0.25, 0.3) is 28.0 Å². The van der Waals surface area contributed by atoms with Gasteiger partial charge in [-0.3, -0.25) is 10.2 Å². The molecule has 216 valence electrons. The maximum absolute atomic E-state index is 12.5. The standard InChI is InChI=1S/C30H33N9O3/c1-30(2,3)23-16-24(37-42-23)35-29(40)34-21-8-10-22(11-9-21)39-28-25(27(31)32-18-33-28)26(36-39)20-6-4-19(5-7-20)17-38-12-14-41-15-13-38/h4-11,16,18H,12-15,17H2,1-3H3,(H2,31,32,33)(H2,34,35,37,40). The first kappa shape index (κ1) is 27.4. The zero-order chi connectivity index (χ0) is 29.3. The van der Waals surface area contributed by atoms with Gasteiger partial charge in [-0.2, -0.15) is 5.10 Å². The quantitative estimate of drug-likeness (QED) is 0.262. The van der Waals surface area contributed by atoms with Crippen LogP contribution in [0.15, 0.2) is 65.4 Å². The van der Waals surface area contributed by atoms with E-state index in [1.54, 1.807) is 22.9 Å². The normalized spacial score (nSPS) is 14.3. The Bertz CT molecular complexity index is 1700. The molecule has 3 aromatic heterocycles. The van der Waals surface area contributed by atoms with E-state index in [1.165, 1.54) is 11.9 Å². The summed E-state index contributed by atoms with van der Waals surface area (Å²) >= 11 is 0. The predicted octanol–water partition coefficient (Wildman–Crippen LogP) is 4.83. The highest BCUT2D eigenvalue weighted by molar-refractivity contribution is 6.00. The van der Waals surface area contributed by atoms with Gasteiger partial charge in [0.15, 0.2) is 11.5 Å². The van der Waals surface area contributed by atoms with Crippen molar-refractivity contribution < 1.29 is 14.1 Å². The molecular formula is C30H33N9O3. The summed E-state index contributed by atoms with van der Waals surface area (Å²) in [4.78, 5) is 23.6. The number of rotatable bonds is 6. The zero-order valence-electron chi connectivity index (χ0n) is 23.8. The number of benzene rings is 2. The molecule has 0 atom stereocenters. The van der Waals surface area contributed by atoms with Crippen molar-refractivity contribution in [2.24, 2.45) is 0 Å². The van der Waals surface area contributed by atoms with E-state index in [9.17, 15) is 4.79 Å². The van der Waals surface area contributed by atoms with E-state index in [4.69, 9.17) is 20.1 Å². The van der Waals surface area contributed by atoms with Gasteiger partial charge in [0.05, 0.1) is 24.3 Å². The molecular weight excluding hydrogens is 534 g/mol. The van der Waals surface area contributed by atoms with Crippen molar-refractivity contribution in [1.29, 1.82) is 0 Å². The second-order valence-corrected chi connectivity index (χ2v) is 11.3. The highest BCUT2D eigenvalue weighted by Gasteiger charge is 2.21. The average molecular weight is 568 g/mol. The molecule has 0 spiro atoms. The number of nitrogens with two attached hydrogens (primary N) is 1. The number of nitrogen functional groups attached to an aromatic ring is 1. The van der Waals surface area contributed by atoms with Crippen LogP contribution in [0.1, 0.15) is 32.1 Å². The van der Waals surface area contributed by atoms with Crippen LogP contribution >= 0.6 is 0 Å². The molecule has 2 aromatic carbocycles. The van der Waals surface area contributed by atoms with Crippen LogP contribution in [0.5, 0.6) is 0 Å². The second-order valence-electron chi connectivity index (χ2n) is 11.3. The van der Waals surface area contributed by atoms with Crippen LogP contribution in [0, 0.1) is 0 Å². The molecule has 12 heteroatoms. The van der Waals surface area contributed by atoms with Crippen molar-refractivity contribution in [3.8, 4) is 16.9 Å². The number of carbonyl (C=O) groups is 1. The SMILES string of the molecule is CC(C)(C)c1cc(NC(=O)Nc2ccc(-n3nc(-c4ccc(CN5CCOCC5)cc4)c4c(N)ncnc43)cc2)no1. The predicted molar refractivity (Wildman–Crippen MR) is 160 cm³/mol. The summed E-state index contributed by atoms with van der Waals surface area (Å²) in [5, 5.41) is 15.0. The second kappa shape index (κ2) is 11.2. The maximum Gasteiger partial charge on any atom is 0.324 e. The van der Waals surface area contributed by atoms with Gasteiger partial charge in [-0.25, -0.2) is 19.4 Å². The van der Waals surface area contributed by atoms with Gasteiger partial charge in [0.1, 0.15) is 23.6 Å². The smallest absolute Gasteiger partial charge is 0.324 e. The summed E-state index contributed by atoms with van der Waals surface area (Å²) in [6.07, 6.45) is 1.43. The molecule has 6 rings (SSSR count). The average Bonchev–Trinajstić information content (AvgIpc) is 3.61. The van der Waals surface area contributed by atoms with Crippen LogP contribution in [0.4, 0.5) is 22.1 Å². The Morgan fingerprint density at radius 1 is 1.00 bits per heavy atom. The number of nitrogens with one attached hydrogen (secondary N) is 2. The lowest BCUT2D eigenvalue weighted by Gasteiger charge is -2.26. The third-order valence-electron chi connectivity index (χ3n) is 7.09. The Balaban J connectivity index is 1.20. The Labute approximate surface area is 242 Å². The molecule has 2 amide bonds. The van der Waals surface area contributed by atoms with Gasteiger partial charge in [-0.1, -0.05) is 50.2 Å². The molecule has 1 saturated heterocycles. The Morgan fingerprint density at radius 3 is 2.43 bits per heavy atom. The lowest BCUT2D eigenvalue weighted by atomic mass is 9.93. The van der Waals surface area contributed by atoms with Gasteiger partial charge >= 0.3 is 6.03 Å². The summed E-state index contributed by atoms with van der Waals surface area (Å²) in [7, 11) is 0. The number of urea groups is 1. The van der Waals surface area contributed by atoms with E-state index in [0.717, 1.165) is 44.1 Å². The van der Waals surface area contributed by atoms with Crippen molar-refractivity contribution >= 4 is 34.4 Å². The largest absolute Gasteiger partial charge is 0.383 e. The summed E-state index contributed by atoms with van der Waals surface area (Å²) in [6.45, 7) is 10.3. The molecule has 12 nitrogen and oxygen atoms in total. The minimum Gasteiger partial charge on any atom is -0.383 e. The summed E-state index contributed by atoms with van der Waals surface area (Å²) in [5.41, 5.74) is 10.9. The topological polar surface area (TPSA) is 149 Å². The highest BCUT2D eigenvalue weighted by Crippen LogP contribution is 2.32. The van der Waals surface area contributed by atoms with E-state index in [-0.39, 0.29) is 5.41 Å². The zero-order valence-corrected chi connectivity index (χ0v) is 23.8. The number of morpholine rings is 1. The van der Waals surface area contributed by atoms with E-state index in [0.29, 0.717) is 39.8 Å². The number of ether oxygens (including phenoxy) is 1. The molecule has 4 heterocycles. The highest BCUT2D eigenvalue weighted by atomic mass is 16.5. The lowest BCUT2D eigenvalue weighted by Crippen LogP contribution is -2.35. The molecule has 0 aliphatic carbocycles. The number of hydrogen-bond acceptors (Lipinski definition) is 9. The lowest BCUT2D eigenvalue weighted by molar-refractivity contribution is 0.0342. The third-order valence-corrected chi connectivity index (χ3v) is 7.09. The van der Waals surface area contributed by atoms with Crippen molar-refractivity contribution in [1.82, 2.24) is 29.8 Å². The molecule has 0 radical (unpaired) electrons. The fraction of sp³-hybridized carbons (Fsp3) is 0.300. The van der Waals surface area contributed by atoms with Crippen LogP contribution in [0.3, 0.4) is 0 Å². The molecule has 1 aliphatic heterocycles. The van der Waals surface area contributed by atoms with Gasteiger partial charge in [-0.15, -0.1) is 0 Å². The van der Waals surface area contributed by atoms with Gasteiger partial charge in [-0.05, 0) is 29.8 Å². The third kappa shape index (κ3) is 5.80. The van der Waals surface area contributed by atoms with Gasteiger partial charge in [0.25, 0.3) is 0 Å². The summed E-state index contributed by atoms with van der Waals surface area (Å²) in [5.74, 6) is 1.38. The molecule has 0 unspecified atom stereocenters. The van der Waals surface area contributed by atoms with Crippen LogP contribution in [-0.2, 0) is 16.7 Å². The van der Waals surface area contributed by atoms with E-state index < -0.39 is 6.03 Å². The van der Waals surface area contributed by atoms with Gasteiger partial charge < -0.3 is 20.3 Å². The van der Waals surface area contributed by atoms with Crippen molar-refractivity contribution in [2.45, 2.75) is 32.7 Å². The van der Waals surface area contributed by atoms with Crippen LogP contribution < -0.4 is 16.4 Å². The molecule has 1 fully saturated rings. The molecule has 0 bridgehead atoms. The van der Waals surface area contributed by atoms with E-state index in [1.807, 2.05) is 32.9 Å². The molecule has 0 saturated carbocycles. The van der Waals surface area contributed by atoms with Gasteiger partial charge in [0, 0.05) is 42.4 Å². The monoisotopic (exact) mass is 567 g/mol. The fourth-order valence-corrected chi connectivity index (χ4v) is 4.79. The Hall–Kier alpha value is -4.81. The number of hydrogen-bond donors (Lipinski definition) is 3. The fourth-order valence-electron chi connectivity index (χ4n) is 4.79. The van der Waals surface area contributed by atoms with Crippen molar-refractivity contribution in [3.05, 3.63) is 72.2 Å². The maximum atomic E-state index is 12.5. The number of fused-ring (bicyclic) bond motifs is 1. The van der Waals surface area contributed by atoms with Crippen molar-refractivity contribution in [2.75, 3.05) is 42.7 Å². The van der Waals surface area contributed by atoms with E-state index >= 15 is 0 Å². The summed E-state index contributed by atoms with van der Waals surface area (Å²) in [6, 6.07) is 16.9. The minimum absolute atomic E-state index is 0.210. The Morgan fingerprint density at radius 2 is 1.74 bits per heavy atom. The molecule has 42 heavy (non-hydrogen) atoms. The minimum atomic E-state index is -0.430. The molecule has 1 aliphatic rings. The van der Waals surface area contributed by atoms with Gasteiger partial charge in [0.2, 0.25) is 0 Å². The first-order chi connectivity index (χ1) is 20.2. The number of carbonyl (C=O) groups excluding carboxylic acids is 1. The number of amides is 2. The first-order valence-electron chi connectivity index (χ1n) is 13.8. The molecule has 5 aromatic rings. The van der Waals surface area contributed by atoms with Crippen molar-refractivity contribution in [3.63, 3.8) is 0 Å². The van der Waals surface area contributed by atoms with Crippen LogP contribution in [-0.4, -0.2) is 62.1 Å². The van der Waals surface area contributed by atoms with E-state index in [2.05, 4.69) is 54.9 Å². The number of aromatic nitrogens is 5. The summed E-state index contributed by atoms with van der Waals surface area (Å²) < 4.78 is 12.5. The number of anilines is 3. The Kier molecular flexibility index (Phi) is 7.31. The van der Waals surface area contributed by atoms with Crippen LogP contribution in [0.2, 0.25) is 0 Å².